The summed E-state index contributed by atoms with van der Waals surface area (Å²) in [6.45, 7) is 0. The van der Waals surface area contributed by atoms with Crippen molar-refractivity contribution in [1.82, 2.24) is 5.32 Å². The molecule has 1 aromatic rings. The van der Waals surface area contributed by atoms with Crippen LogP contribution in [0, 0.1) is 0 Å². The number of amides is 1. The first kappa shape index (κ1) is 14.8. The molecule has 0 aromatic heterocycles. The number of benzene rings is 1. The Bertz CT molecular complexity index is 739. The lowest BCUT2D eigenvalue weighted by molar-refractivity contribution is -0.115. The van der Waals surface area contributed by atoms with E-state index < -0.39 is 5.97 Å². The third kappa shape index (κ3) is 3.05. The zero-order valence-electron chi connectivity index (χ0n) is 11.2. The lowest BCUT2D eigenvalue weighted by atomic mass is 10.0. The summed E-state index contributed by atoms with van der Waals surface area (Å²) in [4.78, 5) is 23.1. The molecule has 112 valence electrons. The second kappa shape index (κ2) is 5.94. The van der Waals surface area contributed by atoms with E-state index in [9.17, 15) is 9.59 Å². The number of allylic oxidation sites excluding steroid dienone is 1. The van der Waals surface area contributed by atoms with E-state index >= 15 is 0 Å². The minimum absolute atomic E-state index is 0.226. The molecular formula is C15H11NO4S2. The van der Waals surface area contributed by atoms with Crippen LogP contribution in [0.15, 0.2) is 47.1 Å². The summed E-state index contributed by atoms with van der Waals surface area (Å²) in [6.07, 6.45) is 3.91. The van der Waals surface area contributed by atoms with E-state index in [4.69, 9.17) is 22.1 Å². The fourth-order valence-electron chi connectivity index (χ4n) is 2.20. The first-order valence-corrected chi connectivity index (χ1v) is 7.70. The molecule has 2 N–H and O–H groups in total. The topological polar surface area (TPSA) is 75.6 Å². The highest BCUT2D eigenvalue weighted by Crippen LogP contribution is 2.34. The van der Waals surface area contributed by atoms with Gasteiger partial charge in [0.1, 0.15) is 16.2 Å². The maximum atomic E-state index is 11.6. The Morgan fingerprint density at radius 1 is 1.50 bits per heavy atom. The molecular weight excluding hydrogens is 322 g/mol. The minimum atomic E-state index is -0.970. The zero-order chi connectivity index (χ0) is 15.7. The van der Waals surface area contributed by atoms with Crippen LogP contribution < -0.4 is 5.32 Å². The highest BCUT2D eigenvalue weighted by atomic mass is 32.2. The van der Waals surface area contributed by atoms with Crippen LogP contribution in [0.2, 0.25) is 0 Å². The molecule has 1 amide bonds. The van der Waals surface area contributed by atoms with E-state index in [2.05, 4.69) is 5.32 Å². The summed E-state index contributed by atoms with van der Waals surface area (Å²) in [5.41, 5.74) is 1.02. The summed E-state index contributed by atoms with van der Waals surface area (Å²) in [5, 5.41) is 11.6. The molecule has 7 heteroatoms. The normalized spacial score (nSPS) is 22.5. The van der Waals surface area contributed by atoms with Gasteiger partial charge in [0.15, 0.2) is 0 Å². The summed E-state index contributed by atoms with van der Waals surface area (Å²) < 4.78 is 6.21. The van der Waals surface area contributed by atoms with Crippen LogP contribution in [0.5, 0.6) is 0 Å². The Hall–Kier alpha value is -2.12. The summed E-state index contributed by atoms with van der Waals surface area (Å²) in [7, 11) is 0. The van der Waals surface area contributed by atoms with Crippen LogP contribution in [-0.4, -0.2) is 21.3 Å². The number of carbonyl (C=O) groups excluding carboxylic acids is 1. The van der Waals surface area contributed by atoms with Gasteiger partial charge in [0.25, 0.3) is 5.91 Å². The number of hydrogen-bond donors (Lipinski definition) is 2. The fraction of sp³-hybridized carbons (Fsp3) is 0.133. The minimum Gasteiger partial charge on any atom is -0.486 e. The number of hydrogen-bond acceptors (Lipinski definition) is 5. The zero-order valence-corrected chi connectivity index (χ0v) is 12.9. The van der Waals surface area contributed by atoms with E-state index in [0.29, 0.717) is 21.4 Å². The molecule has 2 aliphatic heterocycles. The van der Waals surface area contributed by atoms with Crippen molar-refractivity contribution < 1.29 is 19.4 Å². The highest BCUT2D eigenvalue weighted by Gasteiger charge is 2.25. The molecule has 1 aromatic carbocycles. The van der Waals surface area contributed by atoms with Gasteiger partial charge in [0, 0.05) is 6.42 Å². The highest BCUT2D eigenvalue weighted by molar-refractivity contribution is 8.26. The Morgan fingerprint density at radius 2 is 2.32 bits per heavy atom. The largest absolute Gasteiger partial charge is 0.486 e. The van der Waals surface area contributed by atoms with Crippen LogP contribution >= 0.6 is 24.0 Å². The van der Waals surface area contributed by atoms with Gasteiger partial charge in [-0.3, -0.25) is 4.79 Å². The molecule has 3 rings (SSSR count). The van der Waals surface area contributed by atoms with E-state index in [1.807, 2.05) is 12.1 Å². The SMILES string of the molecule is O=C1NC(=S)S/C1=C\C1=CCC(c2cccc(C(=O)O)c2)O1. The van der Waals surface area contributed by atoms with Crippen LogP contribution in [-0.2, 0) is 9.53 Å². The smallest absolute Gasteiger partial charge is 0.335 e. The Kier molecular flexibility index (Phi) is 4.00. The Labute approximate surface area is 136 Å². The fourth-order valence-corrected chi connectivity index (χ4v) is 3.23. The standard InChI is InChI=1S/C15H11NO4S2/c17-13-12(22-15(21)16-13)7-10-4-5-11(20-10)8-2-1-3-9(6-8)14(18)19/h1-4,6-7,11H,5H2,(H,18,19)(H,16,17,21)/b12-7-. The van der Waals surface area contributed by atoms with Gasteiger partial charge in [-0.2, -0.15) is 0 Å². The molecule has 1 atom stereocenters. The van der Waals surface area contributed by atoms with Crippen molar-refractivity contribution in [3.63, 3.8) is 0 Å². The third-order valence-corrected chi connectivity index (χ3v) is 4.39. The van der Waals surface area contributed by atoms with Crippen molar-refractivity contribution in [3.8, 4) is 0 Å². The molecule has 1 fully saturated rings. The first-order valence-electron chi connectivity index (χ1n) is 6.48. The van der Waals surface area contributed by atoms with E-state index in [1.165, 1.54) is 17.8 Å². The molecule has 0 spiro atoms. The number of carboxylic acids is 1. The Balaban J connectivity index is 1.73. The van der Waals surface area contributed by atoms with Crippen LogP contribution in [0.3, 0.4) is 0 Å². The van der Waals surface area contributed by atoms with Crippen molar-refractivity contribution in [2.75, 3.05) is 0 Å². The quantitative estimate of drug-likeness (QED) is 0.654. The number of ether oxygens (including phenoxy) is 1. The van der Waals surface area contributed by atoms with Crippen molar-refractivity contribution in [3.05, 3.63) is 58.2 Å². The van der Waals surface area contributed by atoms with Gasteiger partial charge in [0.2, 0.25) is 0 Å². The number of thiocarbonyl (C=S) groups is 1. The van der Waals surface area contributed by atoms with Crippen LogP contribution in [0.4, 0.5) is 0 Å². The molecule has 0 saturated carbocycles. The van der Waals surface area contributed by atoms with Gasteiger partial charge in [-0.1, -0.05) is 36.1 Å². The first-order chi connectivity index (χ1) is 10.5. The number of carboxylic acid groups (broad SMARTS) is 1. The van der Waals surface area contributed by atoms with Gasteiger partial charge in [0.05, 0.1) is 10.5 Å². The monoisotopic (exact) mass is 333 g/mol. The average Bonchev–Trinajstić information content (AvgIpc) is 3.06. The van der Waals surface area contributed by atoms with E-state index in [0.717, 1.165) is 5.56 Å². The predicted molar refractivity (Wildman–Crippen MR) is 86.3 cm³/mol. The summed E-state index contributed by atoms with van der Waals surface area (Å²) in [6, 6.07) is 6.66. The maximum absolute atomic E-state index is 11.6. The summed E-state index contributed by atoms with van der Waals surface area (Å²) in [5.74, 6) is -0.605. The number of thioether (sulfide) groups is 1. The average molecular weight is 333 g/mol. The predicted octanol–water partition coefficient (Wildman–Crippen LogP) is 2.76. The number of nitrogens with one attached hydrogen (secondary N) is 1. The van der Waals surface area contributed by atoms with Crippen molar-refractivity contribution in [2.45, 2.75) is 12.5 Å². The van der Waals surface area contributed by atoms with E-state index in [1.54, 1.807) is 18.2 Å². The van der Waals surface area contributed by atoms with Gasteiger partial charge in [-0.25, -0.2) is 4.79 Å². The van der Waals surface area contributed by atoms with Gasteiger partial charge in [-0.05, 0) is 29.8 Å². The molecule has 0 bridgehead atoms. The second-order valence-electron chi connectivity index (χ2n) is 4.73. The lowest BCUT2D eigenvalue weighted by Gasteiger charge is -2.13. The van der Waals surface area contributed by atoms with Crippen molar-refractivity contribution >= 4 is 40.2 Å². The second-order valence-corrected chi connectivity index (χ2v) is 6.45. The number of rotatable bonds is 3. The van der Waals surface area contributed by atoms with Gasteiger partial charge in [-0.15, -0.1) is 0 Å². The molecule has 0 aliphatic carbocycles. The van der Waals surface area contributed by atoms with Gasteiger partial charge < -0.3 is 15.2 Å². The Morgan fingerprint density at radius 3 is 3.00 bits per heavy atom. The molecule has 2 aliphatic rings. The van der Waals surface area contributed by atoms with Crippen LogP contribution in [0.1, 0.15) is 28.4 Å². The van der Waals surface area contributed by atoms with Gasteiger partial charge >= 0.3 is 5.97 Å². The van der Waals surface area contributed by atoms with E-state index in [-0.39, 0.29) is 17.6 Å². The molecule has 0 radical (unpaired) electrons. The summed E-state index contributed by atoms with van der Waals surface area (Å²) >= 11 is 6.12. The number of carbonyl (C=O) groups is 2. The lowest BCUT2D eigenvalue weighted by Crippen LogP contribution is -2.17. The molecule has 5 nitrogen and oxygen atoms in total. The van der Waals surface area contributed by atoms with Crippen LogP contribution in [0.25, 0.3) is 0 Å². The molecule has 22 heavy (non-hydrogen) atoms. The molecule has 1 unspecified atom stereocenters. The molecule has 2 heterocycles. The number of aromatic carboxylic acids is 1. The maximum Gasteiger partial charge on any atom is 0.335 e. The van der Waals surface area contributed by atoms with Crippen molar-refractivity contribution in [1.29, 1.82) is 0 Å². The molecule has 1 saturated heterocycles. The van der Waals surface area contributed by atoms with Crippen molar-refractivity contribution in [2.24, 2.45) is 0 Å². The third-order valence-electron chi connectivity index (χ3n) is 3.23.